The topological polar surface area (TPSA) is 113 Å². The van der Waals surface area contributed by atoms with Gasteiger partial charge in [-0.05, 0) is 43.3 Å². The second-order valence-electron chi connectivity index (χ2n) is 6.35. The molecule has 1 aliphatic rings. The molecular weight excluding hydrogens is 384 g/mol. The number of anilines is 1. The molecule has 0 unspecified atom stereocenters. The summed E-state index contributed by atoms with van der Waals surface area (Å²) < 4.78 is 31.7. The molecule has 2 aromatic carbocycles. The number of carboxylic acids is 1. The van der Waals surface area contributed by atoms with E-state index in [1.54, 1.807) is 13.0 Å². The first-order valence-electron chi connectivity index (χ1n) is 8.62. The first kappa shape index (κ1) is 20.0. The number of amides is 1. The van der Waals surface area contributed by atoms with Gasteiger partial charge in [0.05, 0.1) is 29.4 Å². The average molecular weight is 404 g/mol. The van der Waals surface area contributed by atoms with Gasteiger partial charge in [-0.15, -0.1) is 0 Å². The number of aromatic carboxylic acids is 1. The molecule has 1 amide bonds. The number of hydrogen-bond donors (Lipinski definition) is 2. The molecule has 1 fully saturated rings. The fourth-order valence-corrected chi connectivity index (χ4v) is 4.26. The maximum atomic E-state index is 12.6. The van der Waals surface area contributed by atoms with Crippen LogP contribution in [0.1, 0.15) is 26.3 Å². The Balaban J connectivity index is 1.78. The number of sulfonamides is 1. The summed E-state index contributed by atoms with van der Waals surface area (Å²) >= 11 is 0. The lowest BCUT2D eigenvalue weighted by molar-refractivity contribution is 0.0698. The monoisotopic (exact) mass is 404 g/mol. The molecule has 0 atom stereocenters. The Hall–Kier alpha value is -2.75. The van der Waals surface area contributed by atoms with Crippen LogP contribution in [-0.2, 0) is 14.8 Å². The fraction of sp³-hybridized carbons (Fsp3) is 0.263. The molecule has 0 aromatic heterocycles. The van der Waals surface area contributed by atoms with E-state index in [0.717, 1.165) is 5.56 Å². The summed E-state index contributed by atoms with van der Waals surface area (Å²) in [5.41, 5.74) is 1.14. The smallest absolute Gasteiger partial charge is 0.337 e. The summed E-state index contributed by atoms with van der Waals surface area (Å²) in [6.07, 6.45) is 0. The van der Waals surface area contributed by atoms with Crippen molar-refractivity contribution >= 4 is 27.6 Å². The van der Waals surface area contributed by atoms with Crippen LogP contribution in [0.25, 0.3) is 0 Å². The van der Waals surface area contributed by atoms with Crippen LogP contribution < -0.4 is 5.32 Å². The maximum Gasteiger partial charge on any atom is 0.337 e. The third-order valence-electron chi connectivity index (χ3n) is 4.38. The Kier molecular flexibility index (Phi) is 5.78. The number of ether oxygens (including phenoxy) is 1. The van der Waals surface area contributed by atoms with Gasteiger partial charge in [0.2, 0.25) is 10.0 Å². The largest absolute Gasteiger partial charge is 0.478 e. The van der Waals surface area contributed by atoms with Gasteiger partial charge >= 0.3 is 5.97 Å². The zero-order chi connectivity index (χ0) is 20.3. The van der Waals surface area contributed by atoms with Crippen molar-refractivity contribution in [1.29, 1.82) is 0 Å². The van der Waals surface area contributed by atoms with E-state index in [2.05, 4.69) is 5.32 Å². The molecule has 9 heteroatoms. The number of morpholine rings is 1. The molecule has 1 saturated heterocycles. The Morgan fingerprint density at radius 3 is 2.32 bits per heavy atom. The number of carbonyl (C=O) groups is 2. The normalized spacial score (nSPS) is 15.2. The second-order valence-corrected chi connectivity index (χ2v) is 8.29. The van der Waals surface area contributed by atoms with Gasteiger partial charge in [-0.3, -0.25) is 4.79 Å². The predicted octanol–water partition coefficient (Wildman–Crippen LogP) is 1.97. The third-order valence-corrected chi connectivity index (χ3v) is 6.29. The Morgan fingerprint density at radius 2 is 1.71 bits per heavy atom. The van der Waals surface area contributed by atoms with Gasteiger partial charge in [0.1, 0.15) is 0 Å². The summed E-state index contributed by atoms with van der Waals surface area (Å²) in [6.45, 7) is 3.03. The first-order chi connectivity index (χ1) is 13.3. The van der Waals surface area contributed by atoms with Crippen LogP contribution in [0, 0.1) is 6.92 Å². The zero-order valence-corrected chi connectivity index (χ0v) is 16.0. The quantitative estimate of drug-likeness (QED) is 0.788. The minimum Gasteiger partial charge on any atom is -0.478 e. The molecule has 1 aliphatic heterocycles. The van der Waals surface area contributed by atoms with Gasteiger partial charge < -0.3 is 15.2 Å². The van der Waals surface area contributed by atoms with Crippen molar-refractivity contribution in [3.05, 3.63) is 59.2 Å². The number of carboxylic acid groups (broad SMARTS) is 1. The number of benzene rings is 2. The number of carbonyl (C=O) groups excluding carboxylic acids is 1. The Labute approximate surface area is 162 Å². The van der Waals surface area contributed by atoms with E-state index >= 15 is 0 Å². The molecule has 2 N–H and O–H groups in total. The summed E-state index contributed by atoms with van der Waals surface area (Å²) in [4.78, 5) is 23.9. The van der Waals surface area contributed by atoms with Crippen LogP contribution in [0.5, 0.6) is 0 Å². The van der Waals surface area contributed by atoms with Crippen molar-refractivity contribution in [3.63, 3.8) is 0 Å². The molecule has 0 bridgehead atoms. The molecular formula is C19H20N2O6S. The number of hydrogen-bond acceptors (Lipinski definition) is 5. The van der Waals surface area contributed by atoms with Crippen LogP contribution in [0.2, 0.25) is 0 Å². The van der Waals surface area contributed by atoms with Crippen molar-refractivity contribution in [2.24, 2.45) is 0 Å². The SMILES string of the molecule is Cc1ccc(NC(=O)c2ccc(S(=O)(=O)N3CCOCC3)cc2)c(C(=O)O)c1. The lowest BCUT2D eigenvalue weighted by atomic mass is 10.1. The highest BCUT2D eigenvalue weighted by molar-refractivity contribution is 7.89. The first-order valence-corrected chi connectivity index (χ1v) is 10.1. The predicted molar refractivity (Wildman–Crippen MR) is 102 cm³/mol. The number of aryl methyl sites for hydroxylation is 1. The van der Waals surface area contributed by atoms with E-state index in [9.17, 15) is 23.1 Å². The van der Waals surface area contributed by atoms with Gasteiger partial charge in [0.15, 0.2) is 0 Å². The molecule has 8 nitrogen and oxygen atoms in total. The van der Waals surface area contributed by atoms with Crippen LogP contribution in [0.4, 0.5) is 5.69 Å². The van der Waals surface area contributed by atoms with E-state index in [1.165, 1.54) is 40.7 Å². The zero-order valence-electron chi connectivity index (χ0n) is 15.2. The molecule has 0 spiro atoms. The Morgan fingerprint density at radius 1 is 1.07 bits per heavy atom. The van der Waals surface area contributed by atoms with Gasteiger partial charge in [-0.2, -0.15) is 4.31 Å². The highest BCUT2D eigenvalue weighted by atomic mass is 32.2. The second kappa shape index (κ2) is 8.09. The average Bonchev–Trinajstić information content (AvgIpc) is 2.70. The molecule has 1 heterocycles. The van der Waals surface area contributed by atoms with Crippen molar-refractivity contribution in [2.45, 2.75) is 11.8 Å². The molecule has 0 aliphatic carbocycles. The lowest BCUT2D eigenvalue weighted by Gasteiger charge is -2.26. The van der Waals surface area contributed by atoms with Crippen LogP contribution in [0.3, 0.4) is 0 Å². The van der Waals surface area contributed by atoms with Gasteiger partial charge in [-0.1, -0.05) is 11.6 Å². The minimum atomic E-state index is -3.64. The van der Waals surface area contributed by atoms with Crippen molar-refractivity contribution in [1.82, 2.24) is 4.31 Å². The fourth-order valence-electron chi connectivity index (χ4n) is 2.85. The van der Waals surface area contributed by atoms with Gasteiger partial charge in [0, 0.05) is 18.7 Å². The highest BCUT2D eigenvalue weighted by Gasteiger charge is 2.26. The number of nitrogens with zero attached hydrogens (tertiary/aromatic N) is 1. The maximum absolute atomic E-state index is 12.6. The van der Waals surface area contributed by atoms with Crippen LogP contribution in [-0.4, -0.2) is 56.0 Å². The molecule has 3 rings (SSSR count). The van der Waals surface area contributed by atoms with Crippen LogP contribution in [0.15, 0.2) is 47.4 Å². The van der Waals surface area contributed by atoms with E-state index in [0.29, 0.717) is 13.2 Å². The summed E-state index contributed by atoms with van der Waals surface area (Å²) in [6, 6.07) is 10.2. The van der Waals surface area contributed by atoms with E-state index in [-0.39, 0.29) is 34.8 Å². The highest BCUT2D eigenvalue weighted by Crippen LogP contribution is 2.20. The Bertz CT molecular complexity index is 996. The van der Waals surface area contributed by atoms with E-state index in [4.69, 9.17) is 4.74 Å². The standard InChI is InChI=1S/C19H20N2O6S/c1-13-2-7-17(16(12-13)19(23)24)20-18(22)14-3-5-15(6-4-14)28(25,26)21-8-10-27-11-9-21/h2-7,12H,8-11H2,1H3,(H,20,22)(H,23,24). The van der Waals surface area contributed by atoms with Gasteiger partial charge in [-0.25, -0.2) is 13.2 Å². The summed E-state index contributed by atoms with van der Waals surface area (Å²) in [5.74, 6) is -1.67. The lowest BCUT2D eigenvalue weighted by Crippen LogP contribution is -2.40. The number of rotatable bonds is 5. The molecule has 2 aromatic rings. The molecule has 28 heavy (non-hydrogen) atoms. The molecule has 0 radical (unpaired) electrons. The summed E-state index contributed by atoms with van der Waals surface area (Å²) in [5, 5.41) is 11.9. The molecule has 0 saturated carbocycles. The van der Waals surface area contributed by atoms with Crippen molar-refractivity contribution in [2.75, 3.05) is 31.6 Å². The van der Waals surface area contributed by atoms with Crippen molar-refractivity contribution in [3.8, 4) is 0 Å². The third kappa shape index (κ3) is 4.22. The summed E-state index contributed by atoms with van der Waals surface area (Å²) in [7, 11) is -3.64. The molecule has 148 valence electrons. The van der Waals surface area contributed by atoms with E-state index in [1.807, 2.05) is 0 Å². The van der Waals surface area contributed by atoms with Gasteiger partial charge in [0.25, 0.3) is 5.91 Å². The minimum absolute atomic E-state index is 0.0140. The van der Waals surface area contributed by atoms with Crippen LogP contribution >= 0.6 is 0 Å². The number of nitrogens with one attached hydrogen (secondary N) is 1. The van der Waals surface area contributed by atoms with Crippen molar-refractivity contribution < 1.29 is 27.9 Å². The van der Waals surface area contributed by atoms with E-state index < -0.39 is 21.9 Å².